The number of benzene rings is 1. The molecule has 1 heterocycles. The molecule has 0 unspecified atom stereocenters. The third-order valence-electron chi connectivity index (χ3n) is 3.76. The molecule has 1 aromatic heterocycles. The second-order valence-electron chi connectivity index (χ2n) is 5.60. The van der Waals surface area contributed by atoms with Crippen molar-refractivity contribution in [3.63, 3.8) is 0 Å². The van der Waals surface area contributed by atoms with E-state index < -0.39 is 0 Å². The van der Waals surface area contributed by atoms with Gasteiger partial charge in [0.25, 0.3) is 5.56 Å². The van der Waals surface area contributed by atoms with E-state index in [1.165, 1.54) is 0 Å². The normalized spacial score (nSPS) is 11.3. The Morgan fingerprint density at radius 3 is 2.42 bits per heavy atom. The number of methoxy groups -OCH3 is 2. The van der Waals surface area contributed by atoms with Crippen molar-refractivity contribution in [2.45, 2.75) is 20.8 Å². The lowest BCUT2D eigenvalue weighted by Crippen LogP contribution is -2.21. The first-order valence-corrected chi connectivity index (χ1v) is 7.53. The van der Waals surface area contributed by atoms with Gasteiger partial charge in [0.1, 0.15) is 11.5 Å². The first kappa shape index (κ1) is 17.5. The van der Waals surface area contributed by atoms with Crippen molar-refractivity contribution in [2.24, 2.45) is 0 Å². The molecular weight excluding hydrogens is 306 g/mol. The number of ketones is 1. The Morgan fingerprint density at radius 1 is 1.12 bits per heavy atom. The molecule has 5 nitrogen and oxygen atoms in total. The summed E-state index contributed by atoms with van der Waals surface area (Å²) in [4.78, 5) is 27.5. The number of rotatable bonds is 5. The van der Waals surface area contributed by atoms with Gasteiger partial charge in [-0.2, -0.15) is 0 Å². The molecule has 0 spiro atoms. The maximum Gasteiger partial charge on any atom is 0.259 e. The summed E-state index contributed by atoms with van der Waals surface area (Å²) in [5.41, 5.74) is 2.33. The summed E-state index contributed by atoms with van der Waals surface area (Å²) in [6.45, 7) is 5.22. The second-order valence-corrected chi connectivity index (χ2v) is 5.60. The van der Waals surface area contributed by atoms with Crippen molar-refractivity contribution >= 4 is 11.9 Å². The summed E-state index contributed by atoms with van der Waals surface area (Å²) < 4.78 is 10.5. The highest BCUT2D eigenvalue weighted by molar-refractivity contribution is 6.11. The Kier molecular flexibility index (Phi) is 5.24. The third kappa shape index (κ3) is 3.56. The topological polar surface area (TPSA) is 68.4 Å². The van der Waals surface area contributed by atoms with Gasteiger partial charge in [0.2, 0.25) is 0 Å². The number of pyridine rings is 1. The van der Waals surface area contributed by atoms with E-state index in [0.29, 0.717) is 28.2 Å². The zero-order chi connectivity index (χ0) is 17.9. The summed E-state index contributed by atoms with van der Waals surface area (Å²) in [6, 6.07) is 7.12. The highest BCUT2D eigenvalue weighted by atomic mass is 16.5. The molecular formula is C19H21NO4. The van der Waals surface area contributed by atoms with Crippen LogP contribution in [-0.4, -0.2) is 25.0 Å². The fourth-order valence-electron chi connectivity index (χ4n) is 2.58. The van der Waals surface area contributed by atoms with E-state index in [4.69, 9.17) is 9.47 Å². The van der Waals surface area contributed by atoms with Crippen LogP contribution in [0.5, 0.6) is 11.5 Å². The number of allylic oxidation sites excluding steroid dienone is 1. The molecule has 0 fully saturated rings. The molecule has 1 aromatic carbocycles. The zero-order valence-corrected chi connectivity index (χ0v) is 14.5. The minimum absolute atomic E-state index is 0.163. The number of aryl methyl sites for hydroxylation is 2. The van der Waals surface area contributed by atoms with E-state index >= 15 is 0 Å². The minimum Gasteiger partial charge on any atom is -0.497 e. The summed E-state index contributed by atoms with van der Waals surface area (Å²) in [6.07, 6.45) is 1.70. The quantitative estimate of drug-likeness (QED) is 0.676. The number of carbonyl (C=O) groups is 1. The Labute approximate surface area is 140 Å². The van der Waals surface area contributed by atoms with Gasteiger partial charge in [-0.05, 0) is 62.2 Å². The molecule has 2 rings (SSSR count). The van der Waals surface area contributed by atoms with Gasteiger partial charge >= 0.3 is 0 Å². The maximum atomic E-state index is 12.7. The lowest BCUT2D eigenvalue weighted by molar-refractivity contribution is 0.103. The van der Waals surface area contributed by atoms with Gasteiger partial charge in [-0.3, -0.25) is 9.59 Å². The number of hydrogen-bond donors (Lipinski definition) is 1. The van der Waals surface area contributed by atoms with Gasteiger partial charge in [-0.25, -0.2) is 0 Å². The molecule has 5 heteroatoms. The van der Waals surface area contributed by atoms with E-state index in [9.17, 15) is 9.59 Å². The summed E-state index contributed by atoms with van der Waals surface area (Å²) >= 11 is 0. The Hall–Kier alpha value is -2.82. The number of aromatic nitrogens is 1. The minimum atomic E-state index is -0.372. The molecule has 0 amide bonds. The Morgan fingerprint density at radius 2 is 1.83 bits per heavy atom. The lowest BCUT2D eigenvalue weighted by Gasteiger charge is -2.09. The first-order valence-electron chi connectivity index (χ1n) is 7.53. The fraction of sp³-hybridized carbons (Fsp3) is 0.263. The highest BCUT2D eigenvalue weighted by Gasteiger charge is 2.16. The SMILES string of the molecule is COc1ccc(OC)c(/C=C(/C)C(=O)c2c(C)cc(C)[nH]c2=O)c1. The number of H-pyrrole nitrogens is 1. The standard InChI is InChI=1S/C19H21NO4/c1-11-8-13(3)20-19(22)17(11)18(21)12(2)9-14-10-15(23-4)6-7-16(14)24-5/h6-10H,1-5H3,(H,20,22)/b12-9-. The van der Waals surface area contributed by atoms with Crippen LogP contribution in [0, 0.1) is 13.8 Å². The van der Waals surface area contributed by atoms with Crippen molar-refractivity contribution in [1.29, 1.82) is 0 Å². The van der Waals surface area contributed by atoms with E-state index in [1.807, 2.05) is 0 Å². The smallest absolute Gasteiger partial charge is 0.259 e. The Bertz CT molecular complexity index is 862. The van der Waals surface area contributed by atoms with Crippen molar-refractivity contribution in [3.8, 4) is 11.5 Å². The molecule has 0 bridgehead atoms. The van der Waals surface area contributed by atoms with E-state index in [1.54, 1.807) is 65.3 Å². The number of Topliss-reactive ketones (excluding diaryl/α,β-unsaturated/α-hetero) is 1. The van der Waals surface area contributed by atoms with Crippen LogP contribution in [0.25, 0.3) is 6.08 Å². The molecule has 0 aliphatic carbocycles. The average Bonchev–Trinajstić information content (AvgIpc) is 2.53. The summed E-state index contributed by atoms with van der Waals surface area (Å²) in [5, 5.41) is 0. The largest absolute Gasteiger partial charge is 0.497 e. The van der Waals surface area contributed by atoms with Crippen LogP contribution < -0.4 is 15.0 Å². The molecule has 0 radical (unpaired) electrons. The van der Waals surface area contributed by atoms with Crippen molar-refractivity contribution < 1.29 is 14.3 Å². The molecule has 1 N–H and O–H groups in total. The van der Waals surface area contributed by atoms with Gasteiger partial charge in [-0.1, -0.05) is 0 Å². The number of ether oxygens (including phenoxy) is 2. The van der Waals surface area contributed by atoms with Crippen LogP contribution in [0.3, 0.4) is 0 Å². The number of nitrogens with one attached hydrogen (secondary N) is 1. The van der Waals surface area contributed by atoms with Crippen LogP contribution in [-0.2, 0) is 0 Å². The lowest BCUT2D eigenvalue weighted by atomic mass is 9.99. The fourth-order valence-corrected chi connectivity index (χ4v) is 2.58. The van der Waals surface area contributed by atoms with Gasteiger partial charge in [0.05, 0.1) is 19.8 Å². The zero-order valence-electron chi connectivity index (χ0n) is 14.5. The van der Waals surface area contributed by atoms with Crippen LogP contribution in [0.1, 0.15) is 34.1 Å². The van der Waals surface area contributed by atoms with Crippen LogP contribution >= 0.6 is 0 Å². The number of carbonyl (C=O) groups excluding carboxylic acids is 1. The van der Waals surface area contributed by atoms with Crippen molar-refractivity contribution in [3.05, 3.63) is 62.6 Å². The number of aromatic amines is 1. The van der Waals surface area contributed by atoms with Gasteiger partial charge in [0.15, 0.2) is 5.78 Å². The first-order chi connectivity index (χ1) is 11.4. The average molecular weight is 327 g/mol. The van der Waals surface area contributed by atoms with Gasteiger partial charge in [0, 0.05) is 11.3 Å². The van der Waals surface area contributed by atoms with Gasteiger partial charge in [-0.15, -0.1) is 0 Å². The van der Waals surface area contributed by atoms with E-state index in [0.717, 1.165) is 5.69 Å². The predicted molar refractivity (Wildman–Crippen MR) is 94.1 cm³/mol. The maximum absolute atomic E-state index is 12.7. The predicted octanol–water partition coefficient (Wildman–Crippen LogP) is 3.30. The molecule has 2 aromatic rings. The Balaban J connectivity index is 2.49. The van der Waals surface area contributed by atoms with Crippen LogP contribution in [0.2, 0.25) is 0 Å². The molecule has 0 aliphatic heterocycles. The molecule has 0 aliphatic rings. The van der Waals surface area contributed by atoms with Crippen LogP contribution in [0.4, 0.5) is 0 Å². The van der Waals surface area contributed by atoms with Gasteiger partial charge < -0.3 is 14.5 Å². The van der Waals surface area contributed by atoms with Crippen molar-refractivity contribution in [1.82, 2.24) is 4.98 Å². The number of hydrogen-bond acceptors (Lipinski definition) is 4. The summed E-state index contributed by atoms with van der Waals surface area (Å²) in [7, 11) is 3.13. The highest BCUT2D eigenvalue weighted by Crippen LogP contribution is 2.26. The van der Waals surface area contributed by atoms with E-state index in [2.05, 4.69) is 4.98 Å². The monoisotopic (exact) mass is 327 g/mol. The van der Waals surface area contributed by atoms with Crippen LogP contribution in [0.15, 0.2) is 34.6 Å². The van der Waals surface area contributed by atoms with Crippen molar-refractivity contribution in [2.75, 3.05) is 14.2 Å². The third-order valence-corrected chi connectivity index (χ3v) is 3.76. The molecule has 0 atom stereocenters. The summed E-state index contributed by atoms with van der Waals surface area (Å²) in [5.74, 6) is 0.975. The van der Waals surface area contributed by atoms with E-state index in [-0.39, 0.29) is 16.9 Å². The molecule has 0 saturated carbocycles. The second kappa shape index (κ2) is 7.17. The molecule has 0 saturated heterocycles. The molecule has 126 valence electrons. The molecule has 24 heavy (non-hydrogen) atoms.